The molecule has 1 saturated carbocycles. The molecule has 0 amide bonds. The molecule has 0 aliphatic heterocycles. The van der Waals surface area contributed by atoms with Crippen molar-refractivity contribution in [2.75, 3.05) is 5.32 Å². The Morgan fingerprint density at radius 1 is 1.14 bits per heavy atom. The van der Waals surface area contributed by atoms with Gasteiger partial charge < -0.3 is 9.88 Å². The molecule has 1 aromatic heterocycles. The van der Waals surface area contributed by atoms with E-state index in [0.717, 1.165) is 16.6 Å². The molecule has 1 fully saturated rings. The van der Waals surface area contributed by atoms with Crippen LogP contribution in [0.3, 0.4) is 0 Å². The molecule has 1 N–H and O–H groups in total. The maximum atomic E-state index is 12.2. The minimum absolute atomic E-state index is 0.0532. The van der Waals surface area contributed by atoms with Crippen LogP contribution in [0.5, 0.6) is 0 Å². The molecule has 21 heavy (non-hydrogen) atoms. The monoisotopic (exact) mass is 284 g/mol. The topological polar surface area (TPSA) is 34.0 Å². The maximum absolute atomic E-state index is 12.2. The van der Waals surface area contributed by atoms with E-state index >= 15 is 0 Å². The number of nitrogens with zero attached hydrogens (tertiary/aromatic N) is 1. The second-order valence-electron chi connectivity index (χ2n) is 6.34. The van der Waals surface area contributed by atoms with Crippen LogP contribution in [0.15, 0.2) is 35.1 Å². The zero-order chi connectivity index (χ0) is 14.8. The molecule has 0 spiro atoms. The number of benzene rings is 1. The Morgan fingerprint density at radius 3 is 2.76 bits per heavy atom. The normalized spacial score (nSPS) is 23.0. The number of hydrogen-bond acceptors (Lipinski definition) is 2. The van der Waals surface area contributed by atoms with Crippen molar-refractivity contribution in [2.24, 2.45) is 13.0 Å². The molecule has 2 unspecified atom stereocenters. The van der Waals surface area contributed by atoms with Gasteiger partial charge in [-0.25, -0.2) is 0 Å². The van der Waals surface area contributed by atoms with Gasteiger partial charge in [-0.2, -0.15) is 0 Å². The Bertz CT molecular complexity index is 689. The Morgan fingerprint density at radius 2 is 1.90 bits per heavy atom. The van der Waals surface area contributed by atoms with Crippen molar-refractivity contribution in [3.63, 3.8) is 0 Å². The molecule has 3 heteroatoms. The predicted molar refractivity (Wildman–Crippen MR) is 88.8 cm³/mol. The lowest BCUT2D eigenvalue weighted by molar-refractivity contribution is 0.457. The number of hydrogen-bond donors (Lipinski definition) is 1. The Labute approximate surface area is 126 Å². The zero-order valence-corrected chi connectivity index (χ0v) is 12.9. The third-order valence-electron chi connectivity index (χ3n) is 4.86. The lowest BCUT2D eigenvalue weighted by atomic mass is 9.96. The fourth-order valence-electron chi connectivity index (χ4n) is 3.44. The maximum Gasteiger partial charge on any atom is 0.252 e. The van der Waals surface area contributed by atoms with Crippen LogP contribution in [0.2, 0.25) is 0 Å². The molecule has 1 aromatic carbocycles. The minimum Gasteiger partial charge on any atom is -0.381 e. The summed E-state index contributed by atoms with van der Waals surface area (Å²) in [6.45, 7) is 2.33. The van der Waals surface area contributed by atoms with E-state index in [0.29, 0.717) is 12.0 Å². The van der Waals surface area contributed by atoms with Gasteiger partial charge in [0.15, 0.2) is 0 Å². The van der Waals surface area contributed by atoms with Crippen molar-refractivity contribution in [1.29, 1.82) is 0 Å². The fourth-order valence-corrected chi connectivity index (χ4v) is 3.44. The summed E-state index contributed by atoms with van der Waals surface area (Å²) in [5, 5.41) is 4.80. The highest BCUT2D eigenvalue weighted by atomic mass is 16.1. The highest BCUT2D eigenvalue weighted by Gasteiger charge is 2.20. The summed E-state index contributed by atoms with van der Waals surface area (Å²) in [5.74, 6) is 0.662. The number of rotatable bonds is 2. The minimum atomic E-state index is 0.0532. The van der Waals surface area contributed by atoms with Crippen LogP contribution >= 0.6 is 0 Å². The van der Waals surface area contributed by atoms with Crippen molar-refractivity contribution >= 4 is 16.6 Å². The number of anilines is 1. The van der Waals surface area contributed by atoms with Crippen molar-refractivity contribution in [3.05, 3.63) is 40.7 Å². The molecule has 112 valence electrons. The summed E-state index contributed by atoms with van der Waals surface area (Å²) in [5.41, 5.74) is 2.04. The van der Waals surface area contributed by atoms with E-state index in [1.165, 1.54) is 32.1 Å². The summed E-state index contributed by atoms with van der Waals surface area (Å²) < 4.78 is 1.72. The summed E-state index contributed by atoms with van der Waals surface area (Å²) in [6, 6.07) is 10.4. The van der Waals surface area contributed by atoms with Gasteiger partial charge >= 0.3 is 0 Å². The first kappa shape index (κ1) is 14.2. The van der Waals surface area contributed by atoms with E-state index in [-0.39, 0.29) is 5.56 Å². The molecule has 3 nitrogen and oxygen atoms in total. The third kappa shape index (κ3) is 2.82. The largest absolute Gasteiger partial charge is 0.381 e. The van der Waals surface area contributed by atoms with Crippen molar-refractivity contribution in [1.82, 2.24) is 4.57 Å². The van der Waals surface area contributed by atoms with Crippen LogP contribution < -0.4 is 10.9 Å². The van der Waals surface area contributed by atoms with Crippen LogP contribution in [-0.4, -0.2) is 10.6 Å². The number of aryl methyl sites for hydroxylation is 1. The van der Waals surface area contributed by atoms with Crippen LogP contribution in [-0.2, 0) is 7.05 Å². The highest BCUT2D eigenvalue weighted by molar-refractivity contribution is 5.91. The second-order valence-corrected chi connectivity index (χ2v) is 6.34. The molecule has 1 aliphatic rings. The first-order valence-corrected chi connectivity index (χ1v) is 8.02. The first-order valence-electron chi connectivity index (χ1n) is 8.02. The molecular formula is C18H24N2O. The van der Waals surface area contributed by atoms with Crippen molar-refractivity contribution in [2.45, 2.75) is 45.1 Å². The first-order chi connectivity index (χ1) is 10.2. The van der Waals surface area contributed by atoms with Crippen molar-refractivity contribution < 1.29 is 0 Å². The molecular weight excluding hydrogens is 260 g/mol. The average Bonchev–Trinajstić information content (AvgIpc) is 2.70. The lowest BCUT2D eigenvalue weighted by Crippen LogP contribution is -2.27. The van der Waals surface area contributed by atoms with E-state index in [1.807, 2.05) is 25.2 Å². The molecule has 1 heterocycles. The van der Waals surface area contributed by atoms with Crippen LogP contribution in [0, 0.1) is 5.92 Å². The Hall–Kier alpha value is -1.77. The molecule has 3 rings (SSSR count). The van der Waals surface area contributed by atoms with Gasteiger partial charge in [-0.3, -0.25) is 4.79 Å². The van der Waals surface area contributed by atoms with Crippen molar-refractivity contribution in [3.8, 4) is 0 Å². The highest BCUT2D eigenvalue weighted by Crippen LogP contribution is 2.28. The standard InChI is InChI=1S/C18H24N2O/c1-13-8-4-3-5-10-15(13)19-16-12-18(21)20(2)17-11-7-6-9-14(16)17/h6-7,9,11-13,15,19H,3-5,8,10H2,1-2H3. The number of para-hydroxylation sites is 1. The summed E-state index contributed by atoms with van der Waals surface area (Å²) in [7, 11) is 1.84. The van der Waals surface area contributed by atoms with E-state index in [1.54, 1.807) is 10.6 Å². The average molecular weight is 284 g/mol. The van der Waals surface area contributed by atoms with E-state index < -0.39 is 0 Å². The fraction of sp³-hybridized carbons (Fsp3) is 0.500. The van der Waals surface area contributed by atoms with Gasteiger partial charge in [0.05, 0.1) is 5.52 Å². The smallest absolute Gasteiger partial charge is 0.252 e. The summed E-state index contributed by atoms with van der Waals surface area (Å²) >= 11 is 0. The number of nitrogens with one attached hydrogen (secondary N) is 1. The van der Waals surface area contributed by atoms with Gasteiger partial charge in [0, 0.05) is 30.2 Å². The molecule has 1 aliphatic carbocycles. The molecule has 0 saturated heterocycles. The zero-order valence-electron chi connectivity index (χ0n) is 12.9. The van der Waals surface area contributed by atoms with Crippen LogP contribution in [0.25, 0.3) is 10.9 Å². The summed E-state index contributed by atoms with van der Waals surface area (Å²) in [4.78, 5) is 12.2. The SMILES string of the molecule is CC1CCCCCC1Nc1cc(=O)n(C)c2ccccc12. The molecule has 2 atom stereocenters. The third-order valence-corrected chi connectivity index (χ3v) is 4.86. The number of pyridine rings is 1. The van der Waals surface area contributed by atoms with E-state index in [2.05, 4.69) is 18.3 Å². The van der Waals surface area contributed by atoms with E-state index in [4.69, 9.17) is 0 Å². The second kappa shape index (κ2) is 5.92. The lowest BCUT2D eigenvalue weighted by Gasteiger charge is -2.25. The summed E-state index contributed by atoms with van der Waals surface area (Å²) in [6.07, 6.45) is 6.42. The van der Waals surface area contributed by atoms with Gasteiger partial charge in [0.1, 0.15) is 0 Å². The Balaban J connectivity index is 2.00. The van der Waals surface area contributed by atoms with E-state index in [9.17, 15) is 4.79 Å². The molecule has 0 bridgehead atoms. The van der Waals surface area contributed by atoms with Crippen LogP contribution in [0.4, 0.5) is 5.69 Å². The van der Waals surface area contributed by atoms with Gasteiger partial charge in [-0.1, -0.05) is 44.4 Å². The van der Waals surface area contributed by atoms with Gasteiger partial charge in [-0.05, 0) is 24.8 Å². The number of fused-ring (bicyclic) bond motifs is 1. The number of aromatic nitrogens is 1. The molecule has 0 radical (unpaired) electrons. The van der Waals surface area contributed by atoms with Crippen LogP contribution in [0.1, 0.15) is 39.0 Å². The van der Waals surface area contributed by atoms with Gasteiger partial charge in [-0.15, -0.1) is 0 Å². The molecule has 2 aromatic rings. The van der Waals surface area contributed by atoms with Gasteiger partial charge in [0.25, 0.3) is 5.56 Å². The quantitative estimate of drug-likeness (QED) is 0.848. The Kier molecular flexibility index (Phi) is 4.00. The predicted octanol–water partition coefficient (Wildman–Crippen LogP) is 3.92. The van der Waals surface area contributed by atoms with Gasteiger partial charge in [0.2, 0.25) is 0 Å².